The zero-order chi connectivity index (χ0) is 11.0. The van der Waals surface area contributed by atoms with Crippen LogP contribution in [0.1, 0.15) is 19.3 Å². The lowest BCUT2D eigenvalue weighted by Gasteiger charge is -2.11. The maximum absolute atomic E-state index is 11.1. The fourth-order valence-corrected chi connectivity index (χ4v) is 0.847. The van der Waals surface area contributed by atoms with Gasteiger partial charge in [-0.3, -0.25) is 4.79 Å². The maximum atomic E-state index is 11.1. The first-order valence-electron chi connectivity index (χ1n) is 4.27. The molecule has 1 unspecified atom stereocenters. The van der Waals surface area contributed by atoms with E-state index in [4.69, 9.17) is 17.3 Å². The van der Waals surface area contributed by atoms with Gasteiger partial charge in [-0.2, -0.15) is 0 Å². The molecule has 5 heteroatoms. The van der Waals surface area contributed by atoms with E-state index in [0.29, 0.717) is 13.0 Å². The van der Waals surface area contributed by atoms with Crippen LogP contribution >= 0.6 is 0 Å². The molecule has 4 N–H and O–H groups in total. The topological polar surface area (TPSA) is 92.4 Å². The number of amides is 1. The number of rotatable bonds is 6. The summed E-state index contributed by atoms with van der Waals surface area (Å²) in [7, 11) is 0. The van der Waals surface area contributed by atoms with Crippen LogP contribution in [0.25, 0.3) is 0 Å². The van der Waals surface area contributed by atoms with Gasteiger partial charge in [0.1, 0.15) is 6.04 Å². The molecule has 0 spiro atoms. The smallest absolute Gasteiger partial charge is 0.327 e. The van der Waals surface area contributed by atoms with Crippen LogP contribution < -0.4 is 11.1 Å². The second-order valence-corrected chi connectivity index (χ2v) is 2.76. The van der Waals surface area contributed by atoms with Crippen molar-refractivity contribution in [1.82, 2.24) is 5.32 Å². The molecule has 0 aliphatic heterocycles. The van der Waals surface area contributed by atoms with Crippen molar-refractivity contribution in [1.29, 1.82) is 0 Å². The lowest BCUT2D eigenvalue weighted by atomic mass is 10.2. The van der Waals surface area contributed by atoms with Gasteiger partial charge in [0.25, 0.3) is 0 Å². The molecule has 0 aliphatic carbocycles. The Bertz CT molecular complexity index is 245. The molecule has 0 aromatic carbocycles. The van der Waals surface area contributed by atoms with Gasteiger partial charge in [0.2, 0.25) is 5.91 Å². The van der Waals surface area contributed by atoms with Gasteiger partial charge in [0.05, 0.1) is 0 Å². The lowest BCUT2D eigenvalue weighted by Crippen LogP contribution is -2.40. The van der Waals surface area contributed by atoms with Gasteiger partial charge in [0.15, 0.2) is 0 Å². The Hall–Kier alpha value is -1.54. The van der Waals surface area contributed by atoms with E-state index in [-0.39, 0.29) is 18.7 Å². The molecule has 78 valence electrons. The zero-order valence-electron chi connectivity index (χ0n) is 7.82. The third-order valence-corrected chi connectivity index (χ3v) is 1.56. The van der Waals surface area contributed by atoms with E-state index in [1.54, 1.807) is 0 Å². The highest BCUT2D eigenvalue weighted by Gasteiger charge is 2.17. The zero-order valence-corrected chi connectivity index (χ0v) is 7.82. The lowest BCUT2D eigenvalue weighted by molar-refractivity contribution is -0.141. The summed E-state index contributed by atoms with van der Waals surface area (Å²) in [5.74, 6) is 0.734. The van der Waals surface area contributed by atoms with Crippen molar-refractivity contribution < 1.29 is 14.7 Å². The molecule has 0 aromatic rings. The number of hydrogen-bond donors (Lipinski definition) is 3. The van der Waals surface area contributed by atoms with Gasteiger partial charge in [-0.25, -0.2) is 4.79 Å². The third kappa shape index (κ3) is 5.17. The molecule has 0 aliphatic rings. The summed E-state index contributed by atoms with van der Waals surface area (Å²) in [5.41, 5.74) is 5.20. The molecule has 0 rings (SSSR count). The number of terminal acetylenes is 1. The molecular formula is C9H14N2O3. The van der Waals surface area contributed by atoms with Crippen molar-refractivity contribution in [2.45, 2.75) is 25.3 Å². The Morgan fingerprint density at radius 3 is 2.64 bits per heavy atom. The van der Waals surface area contributed by atoms with E-state index in [1.807, 2.05) is 0 Å². The molecule has 0 heterocycles. The van der Waals surface area contributed by atoms with Crippen LogP contribution in [0, 0.1) is 12.3 Å². The maximum Gasteiger partial charge on any atom is 0.327 e. The largest absolute Gasteiger partial charge is 0.480 e. The minimum atomic E-state index is -1.12. The predicted octanol–water partition coefficient (Wildman–Crippen LogP) is -0.682. The molecule has 1 atom stereocenters. The Labute approximate surface area is 82.7 Å². The van der Waals surface area contributed by atoms with E-state index in [2.05, 4.69) is 11.2 Å². The fraction of sp³-hybridized carbons (Fsp3) is 0.556. The van der Waals surface area contributed by atoms with Gasteiger partial charge >= 0.3 is 5.97 Å². The van der Waals surface area contributed by atoms with Crippen LogP contribution in [0.3, 0.4) is 0 Å². The number of carboxylic acid groups (broad SMARTS) is 1. The van der Waals surface area contributed by atoms with Crippen molar-refractivity contribution in [2.75, 3.05) is 6.54 Å². The molecule has 0 aromatic heterocycles. The first kappa shape index (κ1) is 12.5. The standard InChI is InChI=1S/C9H14N2O3/c1-2-4-7(9(13)14)11-8(12)5-3-6-10/h1,7H,3-6,10H2,(H,11,12)(H,13,14). The summed E-state index contributed by atoms with van der Waals surface area (Å²) in [5, 5.41) is 11.0. The van der Waals surface area contributed by atoms with Gasteiger partial charge < -0.3 is 16.2 Å². The third-order valence-electron chi connectivity index (χ3n) is 1.56. The first-order valence-corrected chi connectivity index (χ1v) is 4.27. The Kier molecular flexibility index (Phi) is 6.16. The average Bonchev–Trinajstić information content (AvgIpc) is 2.14. The highest BCUT2D eigenvalue weighted by molar-refractivity contribution is 5.83. The Balaban J connectivity index is 3.97. The second-order valence-electron chi connectivity index (χ2n) is 2.76. The monoisotopic (exact) mass is 198 g/mol. The number of carbonyl (C=O) groups is 2. The quantitative estimate of drug-likeness (QED) is 0.493. The first-order chi connectivity index (χ1) is 6.61. The fourth-order valence-electron chi connectivity index (χ4n) is 0.847. The molecule has 0 radical (unpaired) electrons. The molecule has 0 saturated heterocycles. The van der Waals surface area contributed by atoms with Crippen molar-refractivity contribution >= 4 is 11.9 Å². The minimum Gasteiger partial charge on any atom is -0.480 e. The SMILES string of the molecule is C#CCC(NC(=O)CCCN)C(=O)O. The highest BCUT2D eigenvalue weighted by atomic mass is 16.4. The summed E-state index contributed by atoms with van der Waals surface area (Å²) in [6, 6.07) is -0.995. The highest BCUT2D eigenvalue weighted by Crippen LogP contribution is 1.93. The molecular weight excluding hydrogens is 184 g/mol. The average molecular weight is 198 g/mol. The number of hydrogen-bond acceptors (Lipinski definition) is 3. The molecule has 0 bridgehead atoms. The summed E-state index contributed by atoms with van der Waals surface area (Å²) < 4.78 is 0. The van der Waals surface area contributed by atoms with Crippen molar-refractivity contribution in [3.63, 3.8) is 0 Å². The van der Waals surface area contributed by atoms with Crippen LogP contribution in [-0.2, 0) is 9.59 Å². The van der Waals surface area contributed by atoms with E-state index in [1.165, 1.54) is 0 Å². The number of aliphatic carboxylic acids is 1. The van der Waals surface area contributed by atoms with Gasteiger partial charge in [-0.15, -0.1) is 12.3 Å². The number of carboxylic acids is 1. The van der Waals surface area contributed by atoms with Crippen LogP contribution in [-0.4, -0.2) is 29.6 Å². The van der Waals surface area contributed by atoms with Crippen LogP contribution in [0.5, 0.6) is 0 Å². The van der Waals surface area contributed by atoms with Crippen LogP contribution in [0.15, 0.2) is 0 Å². The molecule has 0 saturated carbocycles. The number of nitrogens with two attached hydrogens (primary N) is 1. The molecule has 1 amide bonds. The normalized spacial score (nSPS) is 11.4. The van der Waals surface area contributed by atoms with Gasteiger partial charge in [-0.1, -0.05) is 0 Å². The van der Waals surface area contributed by atoms with E-state index in [0.717, 1.165) is 0 Å². The van der Waals surface area contributed by atoms with Crippen LogP contribution in [0.2, 0.25) is 0 Å². The van der Waals surface area contributed by atoms with E-state index < -0.39 is 12.0 Å². The minimum absolute atomic E-state index is 0.0102. The van der Waals surface area contributed by atoms with Crippen molar-refractivity contribution in [2.24, 2.45) is 5.73 Å². The molecule has 0 fully saturated rings. The van der Waals surface area contributed by atoms with Gasteiger partial charge in [-0.05, 0) is 13.0 Å². The summed E-state index contributed by atoms with van der Waals surface area (Å²) in [4.78, 5) is 21.7. The van der Waals surface area contributed by atoms with Crippen molar-refractivity contribution in [3.8, 4) is 12.3 Å². The number of nitrogens with one attached hydrogen (secondary N) is 1. The summed E-state index contributed by atoms with van der Waals surface area (Å²) in [6.07, 6.45) is 5.71. The second kappa shape index (κ2) is 6.92. The Morgan fingerprint density at radius 2 is 2.21 bits per heavy atom. The van der Waals surface area contributed by atoms with Crippen LogP contribution in [0.4, 0.5) is 0 Å². The molecule has 5 nitrogen and oxygen atoms in total. The number of carbonyl (C=O) groups excluding carboxylic acids is 1. The van der Waals surface area contributed by atoms with E-state index in [9.17, 15) is 9.59 Å². The molecule has 14 heavy (non-hydrogen) atoms. The van der Waals surface area contributed by atoms with Gasteiger partial charge in [0, 0.05) is 12.8 Å². The van der Waals surface area contributed by atoms with Crippen molar-refractivity contribution in [3.05, 3.63) is 0 Å². The summed E-state index contributed by atoms with van der Waals surface area (Å²) in [6.45, 7) is 0.403. The Morgan fingerprint density at radius 1 is 1.57 bits per heavy atom. The summed E-state index contributed by atoms with van der Waals surface area (Å²) >= 11 is 0. The van der Waals surface area contributed by atoms with E-state index >= 15 is 0 Å². The predicted molar refractivity (Wildman–Crippen MR) is 51.3 cm³/mol.